The van der Waals surface area contributed by atoms with Gasteiger partial charge in [0, 0.05) is 6.42 Å². The Hall–Kier alpha value is -1.97. The highest BCUT2D eigenvalue weighted by atomic mass is 16.5. The van der Waals surface area contributed by atoms with Gasteiger partial charge in [-0.3, -0.25) is 0 Å². The number of nitrogens with two attached hydrogens (primary N) is 1. The average Bonchev–Trinajstić information content (AvgIpc) is 2.79. The topological polar surface area (TPSA) is 61.3 Å². The van der Waals surface area contributed by atoms with Crippen LogP contribution in [0.1, 0.15) is 26.0 Å². The molecule has 102 valence electrons. The van der Waals surface area contributed by atoms with Crippen molar-refractivity contribution in [3.63, 3.8) is 0 Å². The Bertz CT molecular complexity index is 532. The maximum atomic E-state index is 5.93. The van der Waals surface area contributed by atoms with Crippen molar-refractivity contribution in [2.24, 2.45) is 5.92 Å². The molecule has 1 atom stereocenters. The largest absolute Gasteiger partial charge is 0.497 e. The van der Waals surface area contributed by atoms with E-state index in [2.05, 4.69) is 19.0 Å². The van der Waals surface area contributed by atoms with Crippen molar-refractivity contribution in [1.82, 2.24) is 5.16 Å². The fraction of sp³-hybridized carbons (Fsp3) is 0.400. The quantitative estimate of drug-likeness (QED) is 0.893. The molecule has 1 unspecified atom stereocenters. The Morgan fingerprint density at radius 3 is 2.58 bits per heavy atom. The fourth-order valence-corrected chi connectivity index (χ4v) is 2.01. The van der Waals surface area contributed by atoms with Crippen molar-refractivity contribution >= 4 is 5.82 Å². The lowest BCUT2D eigenvalue weighted by Crippen LogP contribution is -1.98. The lowest BCUT2D eigenvalue weighted by atomic mass is 9.97. The Kier molecular flexibility index (Phi) is 4.10. The van der Waals surface area contributed by atoms with Crippen molar-refractivity contribution in [2.45, 2.75) is 26.7 Å². The smallest absolute Gasteiger partial charge is 0.175 e. The molecule has 0 saturated carbocycles. The van der Waals surface area contributed by atoms with Gasteiger partial charge in [0.25, 0.3) is 0 Å². The monoisotopic (exact) mass is 260 g/mol. The number of anilines is 1. The third-order valence-corrected chi connectivity index (χ3v) is 3.40. The van der Waals surface area contributed by atoms with Gasteiger partial charge >= 0.3 is 0 Å². The van der Waals surface area contributed by atoms with Crippen LogP contribution >= 0.6 is 0 Å². The lowest BCUT2D eigenvalue weighted by molar-refractivity contribution is 0.364. The summed E-state index contributed by atoms with van der Waals surface area (Å²) in [4.78, 5) is 0. The summed E-state index contributed by atoms with van der Waals surface area (Å²) in [6.07, 6.45) is 1.95. The second-order valence-corrected chi connectivity index (χ2v) is 4.81. The molecule has 0 bridgehead atoms. The number of hydrogen-bond acceptors (Lipinski definition) is 4. The van der Waals surface area contributed by atoms with Gasteiger partial charge in [-0.2, -0.15) is 0 Å². The number of rotatable bonds is 5. The molecule has 0 radical (unpaired) electrons. The van der Waals surface area contributed by atoms with Crippen molar-refractivity contribution in [3.8, 4) is 16.9 Å². The summed E-state index contributed by atoms with van der Waals surface area (Å²) in [6, 6.07) is 7.77. The molecule has 0 spiro atoms. The van der Waals surface area contributed by atoms with Crippen LogP contribution < -0.4 is 10.5 Å². The van der Waals surface area contributed by atoms with E-state index in [-0.39, 0.29) is 0 Å². The Morgan fingerprint density at radius 2 is 2.00 bits per heavy atom. The van der Waals surface area contributed by atoms with Crippen LogP contribution in [0.4, 0.5) is 5.82 Å². The minimum Gasteiger partial charge on any atom is -0.497 e. The minimum absolute atomic E-state index is 0.448. The van der Waals surface area contributed by atoms with Gasteiger partial charge in [-0.1, -0.05) is 37.6 Å². The molecule has 1 heterocycles. The summed E-state index contributed by atoms with van der Waals surface area (Å²) in [5, 5.41) is 3.89. The Balaban J connectivity index is 2.34. The second-order valence-electron chi connectivity index (χ2n) is 4.81. The molecule has 0 amide bonds. The molecule has 0 fully saturated rings. The van der Waals surface area contributed by atoms with E-state index in [4.69, 9.17) is 15.0 Å². The lowest BCUT2D eigenvalue weighted by Gasteiger charge is -2.08. The summed E-state index contributed by atoms with van der Waals surface area (Å²) in [6.45, 7) is 4.36. The van der Waals surface area contributed by atoms with Gasteiger partial charge in [0.1, 0.15) is 11.5 Å². The van der Waals surface area contributed by atoms with Gasteiger partial charge in [0.05, 0.1) is 12.7 Å². The fourth-order valence-electron chi connectivity index (χ4n) is 2.01. The van der Waals surface area contributed by atoms with Crippen LogP contribution in [-0.4, -0.2) is 12.3 Å². The maximum Gasteiger partial charge on any atom is 0.175 e. The van der Waals surface area contributed by atoms with Crippen LogP contribution in [0, 0.1) is 5.92 Å². The van der Waals surface area contributed by atoms with E-state index >= 15 is 0 Å². The first-order valence-corrected chi connectivity index (χ1v) is 6.54. The molecular weight excluding hydrogens is 240 g/mol. The highest BCUT2D eigenvalue weighted by molar-refractivity contribution is 5.75. The SMILES string of the molecule is CCC(C)Cc1onc(N)c1-c1ccc(OC)cc1. The predicted octanol–water partition coefficient (Wildman–Crippen LogP) is 3.52. The van der Waals surface area contributed by atoms with E-state index in [1.807, 2.05) is 24.3 Å². The number of nitrogens with zero attached hydrogens (tertiary/aromatic N) is 1. The molecule has 2 rings (SSSR count). The number of aromatic nitrogens is 1. The van der Waals surface area contributed by atoms with Crippen LogP contribution in [0.25, 0.3) is 11.1 Å². The first kappa shape index (κ1) is 13.5. The zero-order valence-electron chi connectivity index (χ0n) is 11.6. The molecule has 1 aromatic carbocycles. The molecule has 2 aromatic rings. The standard InChI is InChI=1S/C15H20N2O2/c1-4-10(2)9-13-14(15(16)17-19-13)11-5-7-12(18-3)8-6-11/h5-8,10H,4,9H2,1-3H3,(H2,16,17). The molecule has 4 nitrogen and oxygen atoms in total. The summed E-state index contributed by atoms with van der Waals surface area (Å²) in [5.74, 6) is 2.67. The van der Waals surface area contributed by atoms with Crippen LogP contribution in [0.3, 0.4) is 0 Å². The van der Waals surface area contributed by atoms with Crippen molar-refractivity contribution in [3.05, 3.63) is 30.0 Å². The van der Waals surface area contributed by atoms with E-state index in [1.165, 1.54) is 0 Å². The van der Waals surface area contributed by atoms with E-state index in [9.17, 15) is 0 Å². The van der Waals surface area contributed by atoms with Crippen LogP contribution in [0.5, 0.6) is 5.75 Å². The van der Waals surface area contributed by atoms with Crippen molar-refractivity contribution in [2.75, 3.05) is 12.8 Å². The van der Waals surface area contributed by atoms with Gasteiger partial charge in [-0.05, 0) is 23.6 Å². The van der Waals surface area contributed by atoms with Crippen molar-refractivity contribution in [1.29, 1.82) is 0 Å². The molecule has 0 saturated heterocycles. The van der Waals surface area contributed by atoms with E-state index < -0.39 is 0 Å². The van der Waals surface area contributed by atoms with Crippen LogP contribution in [0.2, 0.25) is 0 Å². The van der Waals surface area contributed by atoms with Gasteiger partial charge in [-0.25, -0.2) is 0 Å². The number of ether oxygens (including phenoxy) is 1. The molecule has 0 aliphatic rings. The number of nitrogen functional groups attached to an aromatic ring is 1. The summed E-state index contributed by atoms with van der Waals surface area (Å²) in [5.41, 5.74) is 7.84. The third-order valence-electron chi connectivity index (χ3n) is 3.40. The van der Waals surface area contributed by atoms with Gasteiger partial charge in [-0.15, -0.1) is 0 Å². The summed E-state index contributed by atoms with van der Waals surface area (Å²) in [7, 11) is 1.65. The minimum atomic E-state index is 0.448. The first-order chi connectivity index (χ1) is 9.15. The molecule has 19 heavy (non-hydrogen) atoms. The predicted molar refractivity (Wildman–Crippen MR) is 76.1 cm³/mol. The van der Waals surface area contributed by atoms with E-state index in [0.29, 0.717) is 11.7 Å². The number of benzene rings is 1. The molecule has 0 aliphatic heterocycles. The first-order valence-electron chi connectivity index (χ1n) is 6.54. The highest BCUT2D eigenvalue weighted by Crippen LogP contribution is 2.32. The van der Waals surface area contributed by atoms with E-state index in [0.717, 1.165) is 35.5 Å². The summed E-state index contributed by atoms with van der Waals surface area (Å²) < 4.78 is 10.5. The van der Waals surface area contributed by atoms with E-state index in [1.54, 1.807) is 7.11 Å². The van der Waals surface area contributed by atoms with Gasteiger partial charge < -0.3 is 15.0 Å². The number of hydrogen-bond donors (Lipinski definition) is 1. The zero-order valence-corrected chi connectivity index (χ0v) is 11.6. The molecule has 1 aromatic heterocycles. The highest BCUT2D eigenvalue weighted by Gasteiger charge is 2.17. The van der Waals surface area contributed by atoms with Gasteiger partial charge in [0.2, 0.25) is 0 Å². The number of methoxy groups -OCH3 is 1. The Labute approximate surface area is 113 Å². The van der Waals surface area contributed by atoms with Crippen LogP contribution in [0.15, 0.2) is 28.8 Å². The zero-order chi connectivity index (χ0) is 13.8. The third kappa shape index (κ3) is 2.89. The molecular formula is C15H20N2O2. The maximum absolute atomic E-state index is 5.93. The molecule has 2 N–H and O–H groups in total. The normalized spacial score (nSPS) is 12.4. The average molecular weight is 260 g/mol. The molecule has 4 heteroatoms. The Morgan fingerprint density at radius 1 is 1.32 bits per heavy atom. The summed E-state index contributed by atoms with van der Waals surface area (Å²) >= 11 is 0. The van der Waals surface area contributed by atoms with Crippen LogP contribution in [-0.2, 0) is 6.42 Å². The van der Waals surface area contributed by atoms with Gasteiger partial charge in [0.15, 0.2) is 5.82 Å². The van der Waals surface area contributed by atoms with Crippen molar-refractivity contribution < 1.29 is 9.26 Å². The second kappa shape index (κ2) is 5.78. The molecule has 0 aliphatic carbocycles.